The molecule has 0 saturated carbocycles. The highest BCUT2D eigenvalue weighted by Gasteiger charge is 2.18. The molecule has 0 radical (unpaired) electrons. The van der Waals surface area contributed by atoms with Crippen LogP contribution in [0.3, 0.4) is 0 Å². The summed E-state index contributed by atoms with van der Waals surface area (Å²) in [6, 6.07) is 4.23. The third-order valence-corrected chi connectivity index (χ3v) is 3.30. The van der Waals surface area contributed by atoms with Gasteiger partial charge >= 0.3 is 0 Å². The smallest absolute Gasteiger partial charge is 0.127 e. The molecule has 1 aliphatic heterocycles. The van der Waals surface area contributed by atoms with Gasteiger partial charge < -0.3 is 9.84 Å². The Morgan fingerprint density at radius 3 is 3.00 bits per heavy atom. The first-order valence-electron chi connectivity index (χ1n) is 5.87. The van der Waals surface area contributed by atoms with Crippen LogP contribution in [0.4, 0.5) is 0 Å². The molecule has 0 saturated heterocycles. The molecule has 0 bridgehead atoms. The summed E-state index contributed by atoms with van der Waals surface area (Å²) in [7, 11) is 2.01. The van der Waals surface area contributed by atoms with Crippen molar-refractivity contribution in [3.8, 4) is 5.75 Å². The van der Waals surface area contributed by atoms with E-state index >= 15 is 0 Å². The monoisotopic (exact) mass is 299 g/mol. The average molecular weight is 300 g/mol. The molecule has 1 heterocycles. The highest BCUT2D eigenvalue weighted by atomic mass is 79.9. The molecule has 0 fully saturated rings. The van der Waals surface area contributed by atoms with Crippen molar-refractivity contribution in [1.82, 2.24) is 4.90 Å². The maximum Gasteiger partial charge on any atom is 0.127 e. The van der Waals surface area contributed by atoms with Gasteiger partial charge in [0.1, 0.15) is 5.75 Å². The summed E-state index contributed by atoms with van der Waals surface area (Å²) < 4.78 is 6.78. The minimum absolute atomic E-state index is 0.305. The molecule has 2 rings (SSSR count). The van der Waals surface area contributed by atoms with Gasteiger partial charge in [0.05, 0.1) is 12.7 Å². The maximum absolute atomic E-state index is 9.37. The third kappa shape index (κ3) is 3.21. The van der Waals surface area contributed by atoms with Crippen molar-refractivity contribution in [3.63, 3.8) is 0 Å². The van der Waals surface area contributed by atoms with Gasteiger partial charge in [-0.2, -0.15) is 0 Å². The van der Waals surface area contributed by atoms with Crippen molar-refractivity contribution in [2.24, 2.45) is 0 Å². The fourth-order valence-electron chi connectivity index (χ4n) is 2.27. The molecule has 1 aromatic carbocycles. The third-order valence-electron chi connectivity index (χ3n) is 2.84. The molecule has 1 aromatic rings. The van der Waals surface area contributed by atoms with Crippen molar-refractivity contribution in [2.45, 2.75) is 26.0 Å². The van der Waals surface area contributed by atoms with E-state index in [2.05, 4.69) is 33.0 Å². The van der Waals surface area contributed by atoms with Crippen LogP contribution in [0.25, 0.3) is 0 Å². The van der Waals surface area contributed by atoms with Crippen LogP contribution in [0.2, 0.25) is 0 Å². The number of aliphatic hydroxyl groups excluding tert-OH is 1. The molecule has 1 N–H and O–H groups in total. The second-order valence-electron chi connectivity index (χ2n) is 4.70. The van der Waals surface area contributed by atoms with Crippen LogP contribution in [-0.2, 0) is 13.0 Å². The molecule has 3 nitrogen and oxygen atoms in total. The topological polar surface area (TPSA) is 32.7 Å². The van der Waals surface area contributed by atoms with E-state index < -0.39 is 0 Å². The van der Waals surface area contributed by atoms with Crippen molar-refractivity contribution in [2.75, 3.05) is 20.2 Å². The number of rotatable bonds is 4. The average Bonchev–Trinajstić information content (AvgIpc) is 2.63. The van der Waals surface area contributed by atoms with Crippen LogP contribution in [0.15, 0.2) is 16.6 Å². The zero-order chi connectivity index (χ0) is 12.4. The number of nitrogens with zero attached hydrogens (tertiary/aromatic N) is 1. The number of aliphatic hydroxyl groups is 1. The van der Waals surface area contributed by atoms with Crippen LogP contribution in [0, 0.1) is 0 Å². The van der Waals surface area contributed by atoms with Gasteiger partial charge in [0.25, 0.3) is 0 Å². The predicted molar refractivity (Wildman–Crippen MR) is 71.4 cm³/mol. The van der Waals surface area contributed by atoms with E-state index in [-0.39, 0.29) is 6.10 Å². The zero-order valence-electron chi connectivity index (χ0n) is 10.2. The normalized spacial score (nSPS) is 15.8. The molecule has 4 heteroatoms. The van der Waals surface area contributed by atoms with Crippen molar-refractivity contribution in [1.29, 1.82) is 0 Å². The van der Waals surface area contributed by atoms with Crippen molar-refractivity contribution < 1.29 is 9.84 Å². The SMILES string of the molecule is CC(O)CN(C)Cc1cc(Br)cc2c1OCC2. The van der Waals surface area contributed by atoms with Gasteiger partial charge in [-0.25, -0.2) is 0 Å². The number of likely N-dealkylation sites (N-methyl/N-ethyl adjacent to an activating group) is 1. The van der Waals surface area contributed by atoms with Gasteiger partial charge in [0.15, 0.2) is 0 Å². The van der Waals surface area contributed by atoms with E-state index in [0.717, 1.165) is 29.8 Å². The summed E-state index contributed by atoms with van der Waals surface area (Å²) in [4.78, 5) is 2.11. The quantitative estimate of drug-likeness (QED) is 0.925. The van der Waals surface area contributed by atoms with E-state index in [1.807, 2.05) is 7.05 Å². The Morgan fingerprint density at radius 1 is 1.53 bits per heavy atom. The van der Waals surface area contributed by atoms with Crippen molar-refractivity contribution >= 4 is 15.9 Å². The highest BCUT2D eigenvalue weighted by molar-refractivity contribution is 9.10. The minimum atomic E-state index is -0.305. The Bertz CT molecular complexity index is 407. The lowest BCUT2D eigenvalue weighted by Gasteiger charge is -2.20. The Morgan fingerprint density at radius 2 is 2.29 bits per heavy atom. The number of halogens is 1. The van der Waals surface area contributed by atoms with Crippen LogP contribution >= 0.6 is 15.9 Å². The molecule has 0 amide bonds. The lowest BCUT2D eigenvalue weighted by atomic mass is 10.1. The second kappa shape index (κ2) is 5.38. The van der Waals surface area contributed by atoms with Gasteiger partial charge in [0, 0.05) is 29.5 Å². The van der Waals surface area contributed by atoms with E-state index in [4.69, 9.17) is 4.74 Å². The first kappa shape index (κ1) is 12.9. The zero-order valence-corrected chi connectivity index (χ0v) is 11.8. The molecular formula is C13H18BrNO2. The summed E-state index contributed by atoms with van der Waals surface area (Å²) in [6.45, 7) is 4.05. The molecule has 1 atom stereocenters. The Hall–Kier alpha value is -0.580. The summed E-state index contributed by atoms with van der Waals surface area (Å²) in [5.41, 5.74) is 2.47. The molecule has 0 aliphatic carbocycles. The minimum Gasteiger partial charge on any atom is -0.493 e. The molecule has 1 aliphatic rings. The van der Waals surface area contributed by atoms with Crippen LogP contribution in [0.5, 0.6) is 5.75 Å². The van der Waals surface area contributed by atoms with E-state index in [9.17, 15) is 5.11 Å². The summed E-state index contributed by atoms with van der Waals surface area (Å²) in [6.07, 6.45) is 0.683. The van der Waals surface area contributed by atoms with E-state index in [0.29, 0.717) is 6.54 Å². The Labute approximate surface area is 111 Å². The molecular weight excluding hydrogens is 282 g/mol. The van der Waals surface area contributed by atoms with Gasteiger partial charge in [-0.1, -0.05) is 15.9 Å². The molecule has 94 valence electrons. The number of ether oxygens (including phenoxy) is 1. The first-order chi connectivity index (χ1) is 8.06. The van der Waals surface area contributed by atoms with Gasteiger partial charge in [-0.05, 0) is 31.7 Å². The van der Waals surface area contributed by atoms with Crippen molar-refractivity contribution in [3.05, 3.63) is 27.7 Å². The molecule has 1 unspecified atom stereocenters. The van der Waals surface area contributed by atoms with Crippen LogP contribution in [0.1, 0.15) is 18.1 Å². The number of hydrogen-bond acceptors (Lipinski definition) is 3. The highest BCUT2D eigenvalue weighted by Crippen LogP contribution is 2.33. The summed E-state index contributed by atoms with van der Waals surface area (Å²) >= 11 is 3.53. The Kier molecular flexibility index (Phi) is 4.07. The fraction of sp³-hybridized carbons (Fsp3) is 0.538. The van der Waals surface area contributed by atoms with Gasteiger partial charge in [-0.15, -0.1) is 0 Å². The van der Waals surface area contributed by atoms with Crippen LogP contribution in [-0.4, -0.2) is 36.3 Å². The van der Waals surface area contributed by atoms with Gasteiger partial charge in [0.2, 0.25) is 0 Å². The molecule has 0 aromatic heterocycles. The van der Waals surface area contributed by atoms with E-state index in [1.165, 1.54) is 11.1 Å². The summed E-state index contributed by atoms with van der Waals surface area (Å²) in [5.74, 6) is 1.03. The van der Waals surface area contributed by atoms with Crippen LogP contribution < -0.4 is 4.74 Å². The predicted octanol–water partition coefficient (Wildman–Crippen LogP) is 2.20. The molecule has 17 heavy (non-hydrogen) atoms. The lowest BCUT2D eigenvalue weighted by Crippen LogP contribution is -2.26. The van der Waals surface area contributed by atoms with E-state index in [1.54, 1.807) is 6.92 Å². The number of benzene rings is 1. The second-order valence-corrected chi connectivity index (χ2v) is 5.61. The Balaban J connectivity index is 2.15. The van der Waals surface area contributed by atoms with Gasteiger partial charge in [-0.3, -0.25) is 4.90 Å². The summed E-state index contributed by atoms with van der Waals surface area (Å²) in [5, 5.41) is 9.37. The molecule has 0 spiro atoms. The standard InChI is InChI=1S/C13H18BrNO2/c1-9(16)7-15(2)8-11-6-12(14)5-10-3-4-17-13(10)11/h5-6,9,16H,3-4,7-8H2,1-2H3. The number of hydrogen-bond donors (Lipinski definition) is 1. The largest absolute Gasteiger partial charge is 0.493 e. The fourth-order valence-corrected chi connectivity index (χ4v) is 2.82. The number of fused-ring (bicyclic) bond motifs is 1. The maximum atomic E-state index is 9.37. The lowest BCUT2D eigenvalue weighted by molar-refractivity contribution is 0.138. The first-order valence-corrected chi connectivity index (χ1v) is 6.66.